The Bertz CT molecular complexity index is 1130. The maximum atomic E-state index is 13.1. The highest BCUT2D eigenvalue weighted by molar-refractivity contribution is 5.85. The number of carbonyl (C=O) groups is 2. The van der Waals surface area contributed by atoms with E-state index in [4.69, 9.17) is 4.42 Å². The van der Waals surface area contributed by atoms with Gasteiger partial charge in [-0.1, -0.05) is 30.3 Å². The van der Waals surface area contributed by atoms with Gasteiger partial charge in [0.05, 0.1) is 12.7 Å². The number of fused-ring (bicyclic) bond motifs is 1. The zero-order valence-corrected chi connectivity index (χ0v) is 18.4. The van der Waals surface area contributed by atoms with Crippen molar-refractivity contribution >= 4 is 17.6 Å². The number of amides is 1. The van der Waals surface area contributed by atoms with Gasteiger partial charge in [0.25, 0.3) is 5.91 Å². The molecule has 1 aromatic heterocycles. The van der Waals surface area contributed by atoms with Crippen molar-refractivity contribution in [1.29, 1.82) is 0 Å². The van der Waals surface area contributed by atoms with Gasteiger partial charge in [0.2, 0.25) is 5.89 Å². The first-order chi connectivity index (χ1) is 15.3. The number of carbonyl (C=O) groups excluding carboxylic acids is 1. The number of rotatable bonds is 7. The summed E-state index contributed by atoms with van der Waals surface area (Å²) in [5.41, 5.74) is 4.64. The van der Waals surface area contributed by atoms with Gasteiger partial charge >= 0.3 is 5.97 Å². The highest BCUT2D eigenvalue weighted by atomic mass is 16.4. The molecule has 1 amide bonds. The third-order valence-corrected chi connectivity index (χ3v) is 5.68. The highest BCUT2D eigenvalue weighted by Crippen LogP contribution is 2.28. The lowest BCUT2D eigenvalue weighted by atomic mass is 10.1. The average Bonchev–Trinajstić information content (AvgIpc) is 3.39. The molecule has 0 saturated carbocycles. The second-order valence-electron chi connectivity index (χ2n) is 8.04. The van der Waals surface area contributed by atoms with Crippen LogP contribution in [0.1, 0.15) is 22.5 Å². The molecule has 8 nitrogen and oxygen atoms in total. The highest BCUT2D eigenvalue weighted by Gasteiger charge is 2.27. The second kappa shape index (κ2) is 8.84. The maximum Gasteiger partial charge on any atom is 0.323 e. The number of carboxylic acid groups (broad SMARTS) is 1. The molecule has 0 atom stereocenters. The fourth-order valence-corrected chi connectivity index (χ4v) is 3.91. The third-order valence-electron chi connectivity index (χ3n) is 5.68. The summed E-state index contributed by atoms with van der Waals surface area (Å²) < 4.78 is 5.62. The van der Waals surface area contributed by atoms with Gasteiger partial charge in [0, 0.05) is 31.4 Å². The van der Waals surface area contributed by atoms with Gasteiger partial charge in [0.15, 0.2) is 0 Å². The van der Waals surface area contributed by atoms with Crippen LogP contribution >= 0.6 is 0 Å². The molecule has 0 spiro atoms. The van der Waals surface area contributed by atoms with E-state index in [1.54, 1.807) is 23.2 Å². The van der Waals surface area contributed by atoms with Crippen molar-refractivity contribution in [2.75, 3.05) is 25.0 Å². The first-order valence-corrected chi connectivity index (χ1v) is 10.4. The number of anilines is 1. The number of likely N-dealkylation sites (N-methyl/N-ethyl adjacent to an activating group) is 1. The molecule has 2 aromatic carbocycles. The van der Waals surface area contributed by atoms with Crippen LogP contribution in [0.2, 0.25) is 0 Å². The molecule has 8 heteroatoms. The number of carboxylic acids is 1. The summed E-state index contributed by atoms with van der Waals surface area (Å²) in [6.45, 7) is 4.64. The Hall–Kier alpha value is -3.65. The number of hydrogen-bond donors (Lipinski definition) is 1. The molecule has 0 unspecified atom stereocenters. The van der Waals surface area contributed by atoms with E-state index in [2.05, 4.69) is 17.1 Å². The largest absolute Gasteiger partial charge is 0.480 e. The Morgan fingerprint density at radius 2 is 1.78 bits per heavy atom. The standard InChI is InChI=1S/C24H26N4O4/c1-16-8-9-18(24-25-11-17(2)32-24)10-21(16)27(15-23(30)31)14-22(29)26(3)28-12-19-6-4-5-7-20(19)13-28/h4-11H,12-15H2,1-3H3,(H,30,31). The number of oxazole rings is 1. The van der Waals surface area contributed by atoms with Crippen LogP contribution in [0.5, 0.6) is 0 Å². The van der Waals surface area contributed by atoms with E-state index >= 15 is 0 Å². The summed E-state index contributed by atoms with van der Waals surface area (Å²) in [4.78, 5) is 30.6. The van der Waals surface area contributed by atoms with Crippen LogP contribution in [-0.2, 0) is 22.7 Å². The summed E-state index contributed by atoms with van der Waals surface area (Å²) in [6.07, 6.45) is 1.64. The Kier molecular flexibility index (Phi) is 5.96. The van der Waals surface area contributed by atoms with E-state index in [-0.39, 0.29) is 19.0 Å². The molecule has 166 valence electrons. The molecule has 32 heavy (non-hydrogen) atoms. The Morgan fingerprint density at radius 3 is 2.38 bits per heavy atom. The molecule has 2 heterocycles. The third kappa shape index (κ3) is 4.50. The van der Waals surface area contributed by atoms with Crippen LogP contribution in [0.15, 0.2) is 53.1 Å². The molecule has 1 N–H and O–H groups in total. The number of hydrazine groups is 1. The zero-order chi connectivity index (χ0) is 22.8. The van der Waals surface area contributed by atoms with Gasteiger partial charge < -0.3 is 14.4 Å². The van der Waals surface area contributed by atoms with Crippen molar-refractivity contribution in [2.45, 2.75) is 26.9 Å². The van der Waals surface area contributed by atoms with Gasteiger partial charge in [-0.05, 0) is 42.7 Å². The Balaban J connectivity index is 1.55. The molecule has 3 aromatic rings. The molecular weight excluding hydrogens is 408 g/mol. The van der Waals surface area contributed by atoms with E-state index in [0.717, 1.165) is 11.1 Å². The topological polar surface area (TPSA) is 90.1 Å². The molecule has 0 radical (unpaired) electrons. The summed E-state index contributed by atoms with van der Waals surface area (Å²) in [5, 5.41) is 13.1. The number of benzene rings is 2. The smallest absolute Gasteiger partial charge is 0.323 e. The fraction of sp³-hybridized carbons (Fsp3) is 0.292. The minimum absolute atomic E-state index is 0.0649. The summed E-state index contributed by atoms with van der Waals surface area (Å²) in [7, 11) is 1.73. The second-order valence-corrected chi connectivity index (χ2v) is 8.04. The molecule has 0 bridgehead atoms. The van der Waals surface area contributed by atoms with Crippen molar-refractivity contribution in [3.05, 3.63) is 71.1 Å². The number of hydrogen-bond acceptors (Lipinski definition) is 6. The van der Waals surface area contributed by atoms with Crippen LogP contribution in [-0.4, -0.2) is 52.1 Å². The summed E-state index contributed by atoms with van der Waals surface area (Å²) in [6, 6.07) is 13.7. The normalized spacial score (nSPS) is 13.1. The zero-order valence-electron chi connectivity index (χ0n) is 18.4. The van der Waals surface area contributed by atoms with E-state index in [0.29, 0.717) is 30.4 Å². The minimum atomic E-state index is -1.01. The van der Waals surface area contributed by atoms with Crippen LogP contribution in [0.4, 0.5) is 5.69 Å². The first kappa shape index (κ1) is 21.6. The summed E-state index contributed by atoms with van der Waals surface area (Å²) >= 11 is 0. The van der Waals surface area contributed by atoms with Crippen molar-refractivity contribution in [2.24, 2.45) is 0 Å². The van der Waals surface area contributed by atoms with Gasteiger partial charge in [0.1, 0.15) is 12.3 Å². The number of nitrogens with zero attached hydrogens (tertiary/aromatic N) is 4. The van der Waals surface area contributed by atoms with Crippen molar-refractivity contribution < 1.29 is 19.1 Å². The SMILES string of the molecule is Cc1cnc(-c2ccc(C)c(N(CC(=O)O)CC(=O)N(C)N3Cc4ccccc4C3)c2)o1. The molecular formula is C24H26N4O4. The van der Waals surface area contributed by atoms with Crippen LogP contribution in [0.25, 0.3) is 11.5 Å². The van der Waals surface area contributed by atoms with Crippen LogP contribution in [0, 0.1) is 13.8 Å². The van der Waals surface area contributed by atoms with Crippen molar-refractivity contribution in [1.82, 2.24) is 15.0 Å². The van der Waals surface area contributed by atoms with E-state index in [1.165, 1.54) is 11.1 Å². The quantitative estimate of drug-likeness (QED) is 0.610. The van der Waals surface area contributed by atoms with Crippen molar-refractivity contribution in [3.63, 3.8) is 0 Å². The molecule has 0 aliphatic carbocycles. The number of aromatic nitrogens is 1. The fourth-order valence-electron chi connectivity index (χ4n) is 3.91. The predicted molar refractivity (Wildman–Crippen MR) is 120 cm³/mol. The molecule has 0 saturated heterocycles. The lowest BCUT2D eigenvalue weighted by Gasteiger charge is -2.31. The maximum absolute atomic E-state index is 13.1. The monoisotopic (exact) mass is 434 g/mol. The minimum Gasteiger partial charge on any atom is -0.480 e. The summed E-state index contributed by atoms with van der Waals surface area (Å²) in [5.74, 6) is -0.0492. The first-order valence-electron chi connectivity index (χ1n) is 10.4. The molecule has 0 fully saturated rings. The van der Waals surface area contributed by atoms with Gasteiger partial charge in [-0.2, -0.15) is 0 Å². The van der Waals surface area contributed by atoms with Crippen molar-refractivity contribution in [3.8, 4) is 11.5 Å². The Morgan fingerprint density at radius 1 is 1.09 bits per heavy atom. The molecule has 4 rings (SSSR count). The van der Waals surface area contributed by atoms with Gasteiger partial charge in [-0.15, -0.1) is 0 Å². The lowest BCUT2D eigenvalue weighted by molar-refractivity contribution is -0.145. The number of aryl methyl sites for hydroxylation is 2. The number of aliphatic carboxylic acids is 1. The predicted octanol–water partition coefficient (Wildman–Crippen LogP) is 3.24. The lowest BCUT2D eigenvalue weighted by Crippen LogP contribution is -2.47. The molecule has 1 aliphatic heterocycles. The molecule has 1 aliphatic rings. The van der Waals surface area contributed by atoms with E-state index < -0.39 is 5.97 Å². The van der Waals surface area contributed by atoms with E-state index in [1.807, 2.05) is 49.2 Å². The average molecular weight is 434 g/mol. The van der Waals surface area contributed by atoms with Gasteiger partial charge in [-0.3, -0.25) is 14.6 Å². The van der Waals surface area contributed by atoms with Crippen LogP contribution in [0.3, 0.4) is 0 Å². The Labute approximate surface area is 186 Å². The van der Waals surface area contributed by atoms with Crippen LogP contribution < -0.4 is 4.90 Å². The van der Waals surface area contributed by atoms with E-state index in [9.17, 15) is 14.7 Å². The van der Waals surface area contributed by atoms with Gasteiger partial charge in [-0.25, -0.2) is 9.99 Å².